The lowest BCUT2D eigenvalue weighted by molar-refractivity contribution is 0.293. The molecule has 0 atom stereocenters. The van der Waals surface area contributed by atoms with Gasteiger partial charge in [0.2, 0.25) is 5.88 Å². The van der Waals surface area contributed by atoms with Crippen molar-refractivity contribution < 1.29 is 9.47 Å². The summed E-state index contributed by atoms with van der Waals surface area (Å²) in [5.41, 5.74) is 5.09. The summed E-state index contributed by atoms with van der Waals surface area (Å²) < 4.78 is 12.0. The quantitative estimate of drug-likeness (QED) is 0.194. The molecule has 0 saturated carbocycles. The highest BCUT2D eigenvalue weighted by atomic mass is 28.3. The second kappa shape index (κ2) is 13.2. The van der Waals surface area contributed by atoms with E-state index in [9.17, 15) is 0 Å². The molecule has 0 bridgehead atoms. The third kappa shape index (κ3) is 8.17. The van der Waals surface area contributed by atoms with Crippen LogP contribution < -0.4 is 9.47 Å². The highest BCUT2D eigenvalue weighted by Gasteiger charge is 2.20. The lowest BCUT2D eigenvalue weighted by Crippen LogP contribution is -2.24. The molecule has 2 aromatic rings. The van der Waals surface area contributed by atoms with Crippen molar-refractivity contribution in [3.8, 4) is 22.8 Å². The Bertz CT molecular complexity index is 865. The van der Waals surface area contributed by atoms with Gasteiger partial charge in [-0.25, -0.2) is 4.98 Å². The molecule has 1 aliphatic carbocycles. The average Bonchev–Trinajstić information content (AvgIpc) is 2.82. The van der Waals surface area contributed by atoms with Crippen molar-refractivity contribution in [2.75, 3.05) is 13.2 Å². The molecule has 3 rings (SSSR count). The minimum Gasteiger partial charge on any atom is -0.494 e. The first-order valence-corrected chi connectivity index (χ1v) is 16.8. The van der Waals surface area contributed by atoms with Gasteiger partial charge in [-0.2, -0.15) is 0 Å². The molecule has 0 saturated heterocycles. The van der Waals surface area contributed by atoms with Crippen LogP contribution >= 0.6 is 0 Å². The van der Waals surface area contributed by atoms with Gasteiger partial charge >= 0.3 is 0 Å². The van der Waals surface area contributed by atoms with Crippen LogP contribution in [0, 0.1) is 0 Å². The average molecular weight is 468 g/mol. The van der Waals surface area contributed by atoms with Gasteiger partial charge in [-0.1, -0.05) is 83.6 Å². The fourth-order valence-corrected chi connectivity index (χ4v) is 7.53. The molecule has 0 aliphatic heterocycles. The summed E-state index contributed by atoms with van der Waals surface area (Å²) in [6.45, 7) is 11.2. The smallest absolute Gasteiger partial charge is 0.213 e. The molecule has 3 nitrogen and oxygen atoms in total. The summed E-state index contributed by atoms with van der Waals surface area (Å²) in [7, 11) is -0.995. The third-order valence-electron chi connectivity index (χ3n) is 6.92. The molecule has 1 heterocycles. The van der Waals surface area contributed by atoms with Gasteiger partial charge in [-0.15, -0.1) is 0 Å². The molecule has 1 aromatic heterocycles. The predicted octanol–water partition coefficient (Wildman–Crippen LogP) is 8.47. The SMILES string of the molecule is CCCCCCOc1ccc2c(n1)CCc1cc(OCCCC[Si](C)(C)CCCC)ccc1-2. The van der Waals surface area contributed by atoms with E-state index in [1.165, 1.54) is 67.3 Å². The second-order valence-corrected chi connectivity index (χ2v) is 15.8. The maximum absolute atomic E-state index is 6.13. The molecule has 4 heteroatoms. The summed E-state index contributed by atoms with van der Waals surface area (Å²) in [5.74, 6) is 1.79. The topological polar surface area (TPSA) is 31.4 Å². The monoisotopic (exact) mass is 467 g/mol. The van der Waals surface area contributed by atoms with E-state index in [4.69, 9.17) is 14.5 Å². The zero-order valence-electron chi connectivity index (χ0n) is 21.5. The van der Waals surface area contributed by atoms with E-state index in [2.05, 4.69) is 51.2 Å². The number of pyridine rings is 1. The first-order chi connectivity index (χ1) is 16.0. The van der Waals surface area contributed by atoms with E-state index < -0.39 is 8.07 Å². The molecule has 0 unspecified atom stereocenters. The molecule has 0 fully saturated rings. The molecular weight excluding hydrogens is 422 g/mol. The van der Waals surface area contributed by atoms with Crippen LogP contribution in [0.25, 0.3) is 11.1 Å². The summed E-state index contributed by atoms with van der Waals surface area (Å²) in [4.78, 5) is 4.81. The zero-order chi connectivity index (χ0) is 23.5. The van der Waals surface area contributed by atoms with Crippen LogP contribution in [0.3, 0.4) is 0 Å². The van der Waals surface area contributed by atoms with E-state index in [-0.39, 0.29) is 0 Å². The van der Waals surface area contributed by atoms with Crippen molar-refractivity contribution in [2.45, 2.75) is 103 Å². The number of aryl methyl sites for hydroxylation is 2. The van der Waals surface area contributed by atoms with Gasteiger partial charge in [0.15, 0.2) is 0 Å². The summed E-state index contributed by atoms with van der Waals surface area (Å²) in [5, 5.41) is 0. The van der Waals surface area contributed by atoms with Crippen molar-refractivity contribution in [1.82, 2.24) is 4.98 Å². The van der Waals surface area contributed by atoms with Crippen LogP contribution in [0.2, 0.25) is 25.2 Å². The molecule has 0 radical (unpaired) electrons. The van der Waals surface area contributed by atoms with E-state index >= 15 is 0 Å². The normalized spacial score (nSPS) is 12.8. The number of rotatable bonds is 15. The largest absolute Gasteiger partial charge is 0.494 e. The highest BCUT2D eigenvalue weighted by molar-refractivity contribution is 6.77. The molecule has 0 spiro atoms. The fraction of sp³-hybridized carbons (Fsp3) is 0.621. The van der Waals surface area contributed by atoms with Crippen molar-refractivity contribution >= 4 is 8.07 Å². The Labute approximate surface area is 203 Å². The van der Waals surface area contributed by atoms with Crippen molar-refractivity contribution in [3.63, 3.8) is 0 Å². The van der Waals surface area contributed by atoms with Crippen molar-refractivity contribution in [2.24, 2.45) is 0 Å². The van der Waals surface area contributed by atoms with Crippen LogP contribution in [-0.4, -0.2) is 26.3 Å². The highest BCUT2D eigenvalue weighted by Crippen LogP contribution is 2.35. The number of benzene rings is 1. The van der Waals surface area contributed by atoms with Crippen LogP contribution in [0.1, 0.15) is 76.5 Å². The van der Waals surface area contributed by atoms with E-state index in [0.29, 0.717) is 0 Å². The van der Waals surface area contributed by atoms with Gasteiger partial charge in [0.05, 0.1) is 18.9 Å². The van der Waals surface area contributed by atoms with E-state index in [0.717, 1.165) is 56.2 Å². The van der Waals surface area contributed by atoms with Crippen LogP contribution in [0.4, 0.5) is 0 Å². The molecule has 1 aromatic carbocycles. The van der Waals surface area contributed by atoms with Crippen LogP contribution in [0.5, 0.6) is 11.6 Å². The minimum absolute atomic E-state index is 0.765. The number of unbranched alkanes of at least 4 members (excludes halogenated alkanes) is 5. The Balaban J connectivity index is 1.48. The third-order valence-corrected chi connectivity index (χ3v) is 10.3. The number of hydrogen-bond acceptors (Lipinski definition) is 3. The van der Waals surface area contributed by atoms with Crippen LogP contribution in [-0.2, 0) is 12.8 Å². The number of nitrogens with zero attached hydrogens (tertiary/aromatic N) is 1. The molecule has 33 heavy (non-hydrogen) atoms. The first kappa shape index (κ1) is 25.8. The number of aromatic nitrogens is 1. The molecule has 0 amide bonds. The Kier molecular flexibility index (Phi) is 10.3. The maximum Gasteiger partial charge on any atom is 0.213 e. The number of hydrogen-bond donors (Lipinski definition) is 0. The lowest BCUT2D eigenvalue weighted by atomic mass is 9.88. The lowest BCUT2D eigenvalue weighted by Gasteiger charge is -2.22. The van der Waals surface area contributed by atoms with Gasteiger partial charge in [0.1, 0.15) is 5.75 Å². The van der Waals surface area contributed by atoms with Crippen molar-refractivity contribution in [3.05, 3.63) is 41.6 Å². The predicted molar refractivity (Wildman–Crippen MR) is 143 cm³/mol. The number of fused-ring (bicyclic) bond motifs is 3. The molecule has 1 aliphatic rings. The molecule has 0 N–H and O–H groups in total. The van der Waals surface area contributed by atoms with E-state index in [1.807, 2.05) is 6.07 Å². The Morgan fingerprint density at radius 3 is 2.30 bits per heavy atom. The number of ether oxygens (including phenoxy) is 2. The van der Waals surface area contributed by atoms with Gasteiger partial charge < -0.3 is 9.47 Å². The van der Waals surface area contributed by atoms with Gasteiger partial charge in [0.25, 0.3) is 0 Å². The molecular formula is C29H45NO2Si. The fourth-order valence-electron chi connectivity index (χ4n) is 4.76. The Morgan fingerprint density at radius 2 is 1.48 bits per heavy atom. The minimum atomic E-state index is -0.995. The first-order valence-electron chi connectivity index (χ1n) is 13.4. The maximum atomic E-state index is 6.13. The zero-order valence-corrected chi connectivity index (χ0v) is 22.5. The van der Waals surface area contributed by atoms with Gasteiger partial charge in [-0.05, 0) is 55.0 Å². The summed E-state index contributed by atoms with van der Waals surface area (Å²) in [6, 6.07) is 13.7. The Morgan fingerprint density at radius 1 is 0.758 bits per heavy atom. The van der Waals surface area contributed by atoms with E-state index in [1.54, 1.807) is 0 Å². The van der Waals surface area contributed by atoms with Crippen LogP contribution in [0.15, 0.2) is 30.3 Å². The standard InChI is InChI=1S/C29H45NO2Si/c1-5-7-9-10-20-32-29-18-16-27-26-15-14-25(23-24(26)13-17-28(27)30-29)31-19-11-12-22-33(3,4)21-8-6-2/h14-16,18,23H,5-13,17,19-22H2,1-4H3. The van der Waals surface area contributed by atoms with Gasteiger partial charge in [-0.3, -0.25) is 0 Å². The Hall–Kier alpha value is -1.81. The second-order valence-electron chi connectivity index (χ2n) is 10.4. The summed E-state index contributed by atoms with van der Waals surface area (Å²) >= 11 is 0. The molecule has 182 valence electrons. The van der Waals surface area contributed by atoms with Crippen molar-refractivity contribution in [1.29, 1.82) is 0 Å². The van der Waals surface area contributed by atoms with Gasteiger partial charge in [0, 0.05) is 19.7 Å². The summed E-state index contributed by atoms with van der Waals surface area (Å²) in [6.07, 6.45) is 12.0.